The van der Waals surface area contributed by atoms with Crippen LogP contribution in [0.2, 0.25) is 0 Å². The van der Waals surface area contributed by atoms with Crippen LogP contribution in [0.1, 0.15) is 112 Å². The molecule has 0 radical (unpaired) electrons. The monoisotopic (exact) mass is 428 g/mol. The van der Waals surface area contributed by atoms with E-state index in [0.717, 1.165) is 64.6 Å². The molecule has 0 aromatic carbocycles. The number of ether oxygens (including phenoxy) is 3. The first-order chi connectivity index (χ1) is 14.3. The van der Waals surface area contributed by atoms with E-state index in [9.17, 15) is 9.59 Å². The van der Waals surface area contributed by atoms with Gasteiger partial charge in [0.05, 0.1) is 12.2 Å². The van der Waals surface area contributed by atoms with Crippen molar-refractivity contribution in [3.05, 3.63) is 0 Å². The first-order valence-corrected chi connectivity index (χ1v) is 12.2. The molecule has 0 aromatic rings. The van der Waals surface area contributed by atoms with Crippen LogP contribution in [0.5, 0.6) is 0 Å². The minimum Gasteiger partial charge on any atom is -0.379 e. The topological polar surface area (TPSA) is 61.8 Å². The molecule has 0 saturated carbocycles. The number of unbranched alkanes of at least 4 members (excludes halogenated alkanes) is 4. The Kier molecular flexibility index (Phi) is 17.4. The fraction of sp³-hybridized carbons (Fsp3) is 0.920. The van der Waals surface area contributed by atoms with E-state index in [2.05, 4.69) is 27.7 Å². The van der Waals surface area contributed by atoms with Crippen LogP contribution >= 0.6 is 0 Å². The Hall–Kier alpha value is -0.780. The molecule has 5 heteroatoms. The summed E-state index contributed by atoms with van der Waals surface area (Å²) in [6, 6.07) is 0. The smallest absolute Gasteiger partial charge is 0.164 e. The zero-order chi connectivity index (χ0) is 22.8. The van der Waals surface area contributed by atoms with Crippen LogP contribution in [0.3, 0.4) is 0 Å². The van der Waals surface area contributed by atoms with Crippen LogP contribution in [-0.4, -0.2) is 49.2 Å². The lowest BCUT2D eigenvalue weighted by Crippen LogP contribution is -2.39. The summed E-state index contributed by atoms with van der Waals surface area (Å²) in [6.45, 7) is 13.7. The number of carbonyl (C=O) groups is 2. The van der Waals surface area contributed by atoms with Crippen molar-refractivity contribution in [1.82, 2.24) is 0 Å². The number of carbonyl (C=O) groups excluding carboxylic acids is 2. The molecule has 3 unspecified atom stereocenters. The van der Waals surface area contributed by atoms with E-state index in [1.165, 1.54) is 0 Å². The lowest BCUT2D eigenvalue weighted by molar-refractivity contribution is -0.147. The third kappa shape index (κ3) is 14.3. The lowest BCUT2D eigenvalue weighted by atomic mass is 9.93. The molecular formula is C25H48O5. The predicted molar refractivity (Wildman–Crippen MR) is 123 cm³/mol. The van der Waals surface area contributed by atoms with E-state index in [4.69, 9.17) is 14.2 Å². The van der Waals surface area contributed by atoms with Crippen molar-refractivity contribution in [2.75, 3.05) is 19.8 Å². The van der Waals surface area contributed by atoms with Crippen molar-refractivity contribution in [1.29, 1.82) is 0 Å². The Morgan fingerprint density at radius 3 is 1.73 bits per heavy atom. The van der Waals surface area contributed by atoms with Gasteiger partial charge in [0, 0.05) is 26.1 Å². The van der Waals surface area contributed by atoms with E-state index in [0.29, 0.717) is 31.5 Å². The lowest BCUT2D eigenvalue weighted by Gasteiger charge is -2.27. The van der Waals surface area contributed by atoms with Crippen LogP contribution in [0.4, 0.5) is 0 Å². The second-order valence-corrected chi connectivity index (χ2v) is 8.64. The van der Waals surface area contributed by atoms with Crippen LogP contribution in [0, 0.1) is 0 Å². The third-order valence-corrected chi connectivity index (χ3v) is 5.92. The predicted octanol–water partition coefficient (Wildman–Crippen LogP) is 6.06. The summed E-state index contributed by atoms with van der Waals surface area (Å²) in [6.07, 6.45) is 9.85. The number of hydrogen-bond acceptors (Lipinski definition) is 5. The van der Waals surface area contributed by atoms with Crippen molar-refractivity contribution in [3.8, 4) is 0 Å². The first kappa shape index (κ1) is 29.2. The fourth-order valence-electron chi connectivity index (χ4n) is 2.93. The second kappa shape index (κ2) is 17.9. The highest BCUT2D eigenvalue weighted by Gasteiger charge is 2.31. The Bertz CT molecular complexity index is 451. The van der Waals surface area contributed by atoms with Crippen LogP contribution in [-0.2, 0) is 23.8 Å². The first-order valence-electron chi connectivity index (χ1n) is 12.2. The summed E-state index contributed by atoms with van der Waals surface area (Å²) in [5, 5.41) is 0. The van der Waals surface area contributed by atoms with Crippen molar-refractivity contribution in [3.63, 3.8) is 0 Å². The molecule has 0 rings (SSSR count). The van der Waals surface area contributed by atoms with E-state index in [1.54, 1.807) is 0 Å². The summed E-state index contributed by atoms with van der Waals surface area (Å²) in [5.41, 5.74) is -0.854. The van der Waals surface area contributed by atoms with Crippen LogP contribution in [0.15, 0.2) is 0 Å². The molecule has 0 aliphatic heterocycles. The molecule has 0 aliphatic rings. The van der Waals surface area contributed by atoms with E-state index < -0.39 is 5.60 Å². The zero-order valence-electron chi connectivity index (χ0n) is 20.6. The highest BCUT2D eigenvalue weighted by atomic mass is 16.5. The van der Waals surface area contributed by atoms with Gasteiger partial charge >= 0.3 is 0 Å². The summed E-state index contributed by atoms with van der Waals surface area (Å²) < 4.78 is 17.1. The summed E-state index contributed by atoms with van der Waals surface area (Å²) in [4.78, 5) is 24.8. The quantitative estimate of drug-likeness (QED) is 0.208. The molecule has 0 amide bonds. The standard InChI is InChI=1S/C25H48O5/c1-7-21(4)28-18-14-10-12-16-23(26)20-30-25(6,9-3)24(27)17-13-11-15-19-29-22(5)8-2/h21-22H,7-20H2,1-6H3. The molecule has 30 heavy (non-hydrogen) atoms. The molecule has 0 aliphatic carbocycles. The molecule has 178 valence electrons. The minimum atomic E-state index is -0.854. The molecule has 0 heterocycles. The van der Waals surface area contributed by atoms with E-state index in [1.807, 2.05) is 13.8 Å². The molecule has 5 nitrogen and oxygen atoms in total. The number of ketones is 2. The Morgan fingerprint density at radius 1 is 0.767 bits per heavy atom. The second-order valence-electron chi connectivity index (χ2n) is 8.64. The maximum absolute atomic E-state index is 12.6. The van der Waals surface area contributed by atoms with Gasteiger partial charge in [0.1, 0.15) is 12.2 Å². The van der Waals surface area contributed by atoms with Gasteiger partial charge in [-0.1, -0.05) is 33.6 Å². The number of hydrogen-bond donors (Lipinski definition) is 0. The molecular weight excluding hydrogens is 380 g/mol. The normalized spacial score (nSPS) is 15.5. The molecule has 0 bridgehead atoms. The van der Waals surface area contributed by atoms with E-state index in [-0.39, 0.29) is 18.2 Å². The Labute approximate surface area is 185 Å². The summed E-state index contributed by atoms with van der Waals surface area (Å²) >= 11 is 0. The Balaban J connectivity index is 3.97. The van der Waals surface area contributed by atoms with Gasteiger partial charge in [0.2, 0.25) is 0 Å². The van der Waals surface area contributed by atoms with Gasteiger partial charge in [-0.15, -0.1) is 0 Å². The Morgan fingerprint density at radius 2 is 1.27 bits per heavy atom. The molecule has 0 fully saturated rings. The average Bonchev–Trinajstić information content (AvgIpc) is 2.75. The van der Waals surface area contributed by atoms with Gasteiger partial charge in [0.15, 0.2) is 11.6 Å². The number of rotatable bonds is 21. The summed E-state index contributed by atoms with van der Waals surface area (Å²) in [7, 11) is 0. The van der Waals surface area contributed by atoms with Crippen molar-refractivity contribution in [2.24, 2.45) is 0 Å². The average molecular weight is 429 g/mol. The maximum Gasteiger partial charge on any atom is 0.164 e. The maximum atomic E-state index is 12.6. The van der Waals surface area contributed by atoms with Gasteiger partial charge in [-0.05, 0) is 65.7 Å². The molecule has 0 aromatic heterocycles. The van der Waals surface area contributed by atoms with Gasteiger partial charge in [-0.25, -0.2) is 0 Å². The van der Waals surface area contributed by atoms with Crippen molar-refractivity contribution in [2.45, 2.75) is 130 Å². The minimum absolute atomic E-state index is 0.0300. The van der Waals surface area contributed by atoms with Crippen molar-refractivity contribution >= 4 is 11.6 Å². The van der Waals surface area contributed by atoms with Gasteiger partial charge in [-0.2, -0.15) is 0 Å². The number of Topliss-reactive ketones (excluding diaryl/α,β-unsaturated/α-hetero) is 2. The molecule has 3 atom stereocenters. The molecule has 0 spiro atoms. The van der Waals surface area contributed by atoms with Crippen LogP contribution in [0.25, 0.3) is 0 Å². The van der Waals surface area contributed by atoms with Gasteiger partial charge < -0.3 is 14.2 Å². The SMILES string of the molecule is CCC(C)OCCCCCC(=O)COC(C)(CC)C(=O)CCCCCOC(C)CC. The van der Waals surface area contributed by atoms with Crippen molar-refractivity contribution < 1.29 is 23.8 Å². The highest BCUT2D eigenvalue weighted by Crippen LogP contribution is 2.20. The van der Waals surface area contributed by atoms with Gasteiger partial charge in [0.25, 0.3) is 0 Å². The van der Waals surface area contributed by atoms with Gasteiger partial charge in [-0.3, -0.25) is 9.59 Å². The third-order valence-electron chi connectivity index (χ3n) is 5.92. The fourth-order valence-corrected chi connectivity index (χ4v) is 2.93. The largest absolute Gasteiger partial charge is 0.379 e. The van der Waals surface area contributed by atoms with Crippen LogP contribution < -0.4 is 0 Å². The molecule has 0 N–H and O–H groups in total. The summed E-state index contributed by atoms with van der Waals surface area (Å²) in [5.74, 6) is 0.176. The molecule has 0 saturated heterocycles. The highest BCUT2D eigenvalue weighted by molar-refractivity contribution is 5.87. The zero-order valence-corrected chi connectivity index (χ0v) is 20.6. The van der Waals surface area contributed by atoms with E-state index >= 15 is 0 Å².